The van der Waals surface area contributed by atoms with E-state index in [1.54, 1.807) is 0 Å². The van der Waals surface area contributed by atoms with E-state index in [9.17, 15) is 0 Å². The summed E-state index contributed by atoms with van der Waals surface area (Å²) in [6.07, 6.45) is 0. The summed E-state index contributed by atoms with van der Waals surface area (Å²) in [6.45, 7) is 1.14. The topological polar surface area (TPSA) is 60.9 Å². The minimum absolute atomic E-state index is 0. The van der Waals surface area contributed by atoms with Gasteiger partial charge in [-0.2, -0.15) is 4.98 Å². The number of aromatic nitrogens is 2. The molecule has 1 aliphatic rings. The van der Waals surface area contributed by atoms with E-state index >= 15 is 0 Å². The Kier molecular flexibility index (Phi) is 5.53. The Balaban J connectivity index is 0.00000205. The van der Waals surface area contributed by atoms with Gasteiger partial charge in [0.2, 0.25) is 5.82 Å². The van der Waals surface area contributed by atoms with Crippen molar-refractivity contribution in [3.63, 3.8) is 0 Å². The molecule has 0 radical (unpaired) electrons. The summed E-state index contributed by atoms with van der Waals surface area (Å²) in [7, 11) is 0. The van der Waals surface area contributed by atoms with Crippen molar-refractivity contribution in [2.45, 2.75) is 0 Å². The van der Waals surface area contributed by atoms with Crippen LogP contribution in [-0.2, 0) is 0 Å². The third kappa shape index (κ3) is 3.98. The fraction of sp³-hybridized carbons (Fsp3) is 0.0909. The number of hydrogen-bond donors (Lipinski definition) is 1. The summed E-state index contributed by atoms with van der Waals surface area (Å²) in [5, 5.41) is 3.73. The summed E-state index contributed by atoms with van der Waals surface area (Å²) >= 11 is 6.02. The zero-order valence-corrected chi connectivity index (χ0v) is 16.8. The van der Waals surface area contributed by atoms with E-state index in [4.69, 9.17) is 31.0 Å². The molecule has 5 rings (SSSR count). The van der Waals surface area contributed by atoms with Gasteiger partial charge in [-0.15, -0.1) is 0 Å². The second-order valence-electron chi connectivity index (χ2n) is 6.50. The van der Waals surface area contributed by atoms with Gasteiger partial charge in [0.15, 0.2) is 17.3 Å². The lowest BCUT2D eigenvalue weighted by Gasteiger charge is -2.18. The third-order valence-corrected chi connectivity index (χ3v) is 4.86. The molecule has 0 bridgehead atoms. The Morgan fingerprint density at radius 2 is 1.59 bits per heavy atom. The number of rotatable bonds is 3. The normalized spacial score (nSPS) is 12.4. The smallest absolute Gasteiger partial charge is 0.240 e. The highest BCUT2D eigenvalue weighted by molar-refractivity contribution is 6.30. The SMILES string of the molecule is Clc1ccc(-c2nc([NH2+]c3ccc4c(c3)OCCO4)c3ccccc3n2)cc1.[Cl-]. The van der Waals surface area contributed by atoms with Crippen LogP contribution in [0.15, 0.2) is 66.7 Å². The quantitative estimate of drug-likeness (QED) is 0.501. The van der Waals surface area contributed by atoms with Crippen molar-refractivity contribution in [3.05, 3.63) is 71.8 Å². The molecule has 0 atom stereocenters. The van der Waals surface area contributed by atoms with Gasteiger partial charge in [0.05, 0.1) is 10.9 Å². The Hall–Kier alpha value is -2.86. The molecule has 29 heavy (non-hydrogen) atoms. The molecule has 0 aliphatic carbocycles. The average Bonchev–Trinajstić information content (AvgIpc) is 2.74. The zero-order chi connectivity index (χ0) is 18.9. The Morgan fingerprint density at radius 3 is 2.41 bits per heavy atom. The molecule has 0 saturated carbocycles. The molecule has 2 heterocycles. The molecule has 4 aromatic rings. The van der Waals surface area contributed by atoms with Crippen molar-refractivity contribution in [1.82, 2.24) is 9.97 Å². The van der Waals surface area contributed by atoms with Gasteiger partial charge >= 0.3 is 0 Å². The highest BCUT2D eigenvalue weighted by atomic mass is 35.5. The number of halogens is 2. The van der Waals surface area contributed by atoms with Crippen molar-refractivity contribution in [1.29, 1.82) is 0 Å². The van der Waals surface area contributed by atoms with Crippen LogP contribution in [0.1, 0.15) is 0 Å². The van der Waals surface area contributed by atoms with Crippen molar-refractivity contribution in [2.75, 3.05) is 13.2 Å². The van der Waals surface area contributed by atoms with Crippen molar-refractivity contribution in [3.8, 4) is 22.9 Å². The number of quaternary nitrogens is 1. The van der Waals surface area contributed by atoms with E-state index in [0.29, 0.717) is 24.1 Å². The lowest BCUT2D eigenvalue weighted by Crippen LogP contribution is -3.00. The van der Waals surface area contributed by atoms with Gasteiger partial charge in [-0.05, 0) is 42.5 Å². The van der Waals surface area contributed by atoms with Crippen molar-refractivity contribution >= 4 is 34.0 Å². The second kappa shape index (κ2) is 8.25. The van der Waals surface area contributed by atoms with Gasteiger partial charge in [-0.25, -0.2) is 4.98 Å². The highest BCUT2D eigenvalue weighted by Crippen LogP contribution is 2.32. The molecule has 0 saturated heterocycles. The number of benzene rings is 3. The van der Waals surface area contributed by atoms with E-state index in [-0.39, 0.29) is 12.4 Å². The molecule has 2 N–H and O–H groups in total. The molecule has 0 amide bonds. The number of hydrogen-bond acceptors (Lipinski definition) is 4. The van der Waals surface area contributed by atoms with Crippen LogP contribution >= 0.6 is 11.6 Å². The van der Waals surface area contributed by atoms with Crippen molar-refractivity contribution in [2.24, 2.45) is 0 Å². The van der Waals surface area contributed by atoms with E-state index in [1.165, 1.54) is 0 Å². The number of para-hydroxylation sites is 1. The summed E-state index contributed by atoms with van der Waals surface area (Å²) in [5.41, 5.74) is 2.81. The largest absolute Gasteiger partial charge is 1.00 e. The van der Waals surface area contributed by atoms with Crippen LogP contribution in [0, 0.1) is 0 Å². The molecule has 0 unspecified atom stereocenters. The van der Waals surface area contributed by atoms with Crippen LogP contribution in [0.5, 0.6) is 11.5 Å². The van der Waals surface area contributed by atoms with Crippen LogP contribution in [0.25, 0.3) is 22.3 Å². The highest BCUT2D eigenvalue weighted by Gasteiger charge is 2.17. The van der Waals surface area contributed by atoms with Crippen LogP contribution in [0.3, 0.4) is 0 Å². The van der Waals surface area contributed by atoms with Gasteiger partial charge in [-0.1, -0.05) is 23.7 Å². The molecule has 5 nitrogen and oxygen atoms in total. The van der Waals surface area contributed by atoms with Crippen molar-refractivity contribution < 1.29 is 27.2 Å². The molecule has 0 spiro atoms. The Morgan fingerprint density at radius 1 is 0.828 bits per heavy atom. The van der Waals surface area contributed by atoms with Crippen LogP contribution in [-0.4, -0.2) is 23.2 Å². The predicted molar refractivity (Wildman–Crippen MR) is 109 cm³/mol. The Bertz CT molecular complexity index is 1170. The molecule has 0 fully saturated rings. The number of fused-ring (bicyclic) bond motifs is 2. The predicted octanol–water partition coefficient (Wildman–Crippen LogP) is 1.25. The first kappa shape index (κ1) is 19.5. The first-order chi connectivity index (χ1) is 13.8. The molecular weight excluding hydrogens is 409 g/mol. The van der Waals surface area contributed by atoms with E-state index < -0.39 is 0 Å². The number of nitrogens with zero attached hydrogens (tertiary/aromatic N) is 2. The lowest BCUT2D eigenvalue weighted by atomic mass is 10.1. The fourth-order valence-corrected chi connectivity index (χ4v) is 3.37. The van der Waals surface area contributed by atoms with Gasteiger partial charge in [0, 0.05) is 22.7 Å². The maximum Gasteiger partial charge on any atom is 0.240 e. The number of ether oxygens (including phenoxy) is 2. The first-order valence-corrected chi connectivity index (χ1v) is 9.41. The van der Waals surface area contributed by atoms with Gasteiger partial charge in [0.25, 0.3) is 0 Å². The monoisotopic (exact) mass is 425 g/mol. The molecule has 1 aliphatic heterocycles. The van der Waals surface area contributed by atoms with E-state index in [0.717, 1.165) is 39.5 Å². The summed E-state index contributed by atoms with van der Waals surface area (Å²) in [4.78, 5) is 9.56. The molecule has 3 aromatic carbocycles. The van der Waals surface area contributed by atoms with Crippen LogP contribution in [0.4, 0.5) is 11.5 Å². The summed E-state index contributed by atoms with van der Waals surface area (Å²) in [5.74, 6) is 3.06. The second-order valence-corrected chi connectivity index (χ2v) is 6.94. The standard InChI is InChI=1S/C22H16ClN3O2.ClH/c23-15-7-5-14(6-8-15)21-25-18-4-2-1-3-17(18)22(26-21)24-16-9-10-19-20(13-16)28-12-11-27-19;/h1-10,13H,11-12H2,(H,24,25,26);1H. The van der Waals surface area contributed by atoms with E-state index in [1.807, 2.05) is 72.0 Å². The van der Waals surface area contributed by atoms with Crippen LogP contribution in [0.2, 0.25) is 5.02 Å². The lowest BCUT2D eigenvalue weighted by molar-refractivity contribution is -0.481. The van der Waals surface area contributed by atoms with E-state index in [2.05, 4.69) is 0 Å². The molecule has 7 heteroatoms. The molecule has 146 valence electrons. The summed E-state index contributed by atoms with van der Waals surface area (Å²) < 4.78 is 11.3. The minimum atomic E-state index is 0. The molecular formula is C22H17Cl2N3O2. The van der Waals surface area contributed by atoms with Gasteiger partial charge < -0.3 is 21.9 Å². The maximum atomic E-state index is 6.02. The Labute approximate surface area is 179 Å². The number of nitrogens with two attached hydrogens (primary N) is 1. The van der Waals surface area contributed by atoms with Gasteiger partial charge in [-0.3, -0.25) is 5.32 Å². The zero-order valence-electron chi connectivity index (χ0n) is 15.3. The minimum Gasteiger partial charge on any atom is -1.00 e. The molecule has 1 aromatic heterocycles. The first-order valence-electron chi connectivity index (χ1n) is 9.03. The average molecular weight is 426 g/mol. The fourth-order valence-electron chi connectivity index (χ4n) is 3.25. The third-order valence-electron chi connectivity index (χ3n) is 4.60. The van der Waals surface area contributed by atoms with Gasteiger partial charge in [0.1, 0.15) is 18.9 Å². The summed E-state index contributed by atoms with van der Waals surface area (Å²) in [6, 6.07) is 21.5. The van der Waals surface area contributed by atoms with Crippen LogP contribution < -0.4 is 27.2 Å². The maximum absolute atomic E-state index is 6.02.